The molecule has 1 aliphatic rings. The Morgan fingerprint density at radius 3 is 2.65 bits per heavy atom. The molecule has 0 radical (unpaired) electrons. The van der Waals surface area contributed by atoms with Crippen molar-refractivity contribution in [2.45, 2.75) is 25.8 Å². The van der Waals surface area contributed by atoms with Gasteiger partial charge in [-0.3, -0.25) is 0 Å². The Kier molecular flexibility index (Phi) is 3.97. The maximum absolute atomic E-state index is 9.10. The third-order valence-electron chi connectivity index (χ3n) is 3.49. The van der Waals surface area contributed by atoms with E-state index in [1.807, 2.05) is 25.3 Å². The van der Waals surface area contributed by atoms with E-state index in [1.165, 1.54) is 0 Å². The maximum atomic E-state index is 9.10. The maximum Gasteiger partial charge on any atom is 0.128 e. The molecule has 3 N–H and O–H groups in total. The van der Waals surface area contributed by atoms with E-state index in [0.29, 0.717) is 12.5 Å². The van der Waals surface area contributed by atoms with E-state index in [1.54, 1.807) is 0 Å². The summed E-state index contributed by atoms with van der Waals surface area (Å²) in [5.74, 6) is 1.49. The molecule has 94 valence electrons. The molecule has 0 amide bonds. The van der Waals surface area contributed by atoms with Crippen LogP contribution in [0.4, 0.5) is 5.82 Å². The topological polar surface area (TPSA) is 62.4 Å². The molecule has 0 saturated carbocycles. The number of rotatable bonds is 3. The van der Waals surface area contributed by atoms with Crippen LogP contribution < -0.4 is 10.6 Å². The highest BCUT2D eigenvalue weighted by molar-refractivity contribution is 5.40. The van der Waals surface area contributed by atoms with E-state index < -0.39 is 0 Å². The standard InChI is InChI=1S/C13H21N3O/c1-10(14)12-2-3-13(15-8-12)16-6-4-11(9-17)5-7-16/h2-3,8,10-11,17H,4-7,9,14H2,1H3/t10-/m1/s1. The zero-order valence-electron chi connectivity index (χ0n) is 10.3. The number of aliphatic hydroxyl groups is 1. The first kappa shape index (κ1) is 12.3. The molecule has 1 aliphatic heterocycles. The van der Waals surface area contributed by atoms with E-state index in [4.69, 9.17) is 10.8 Å². The van der Waals surface area contributed by atoms with Crippen LogP contribution >= 0.6 is 0 Å². The van der Waals surface area contributed by atoms with Crippen molar-refractivity contribution in [3.05, 3.63) is 23.9 Å². The fourth-order valence-electron chi connectivity index (χ4n) is 2.20. The first-order valence-electron chi connectivity index (χ1n) is 6.28. The lowest BCUT2D eigenvalue weighted by molar-refractivity contribution is 0.203. The third-order valence-corrected chi connectivity index (χ3v) is 3.49. The number of piperidine rings is 1. The highest BCUT2D eigenvalue weighted by Crippen LogP contribution is 2.22. The highest BCUT2D eigenvalue weighted by Gasteiger charge is 2.19. The van der Waals surface area contributed by atoms with Crippen molar-refractivity contribution in [2.75, 3.05) is 24.6 Å². The molecule has 1 atom stereocenters. The summed E-state index contributed by atoms with van der Waals surface area (Å²) >= 11 is 0. The molecule has 0 aromatic carbocycles. The number of anilines is 1. The predicted octanol–water partition coefficient (Wildman–Crippen LogP) is 1.31. The van der Waals surface area contributed by atoms with Crippen LogP contribution in [0.25, 0.3) is 0 Å². The lowest BCUT2D eigenvalue weighted by Gasteiger charge is -2.32. The van der Waals surface area contributed by atoms with Gasteiger partial charge in [0.05, 0.1) is 0 Å². The molecule has 0 aliphatic carbocycles. The Balaban J connectivity index is 1.99. The Bertz CT molecular complexity index is 342. The molecule has 2 heterocycles. The smallest absolute Gasteiger partial charge is 0.128 e. The molecular weight excluding hydrogens is 214 g/mol. The van der Waals surface area contributed by atoms with Crippen molar-refractivity contribution < 1.29 is 5.11 Å². The van der Waals surface area contributed by atoms with Crippen LogP contribution in [0, 0.1) is 5.92 Å². The average molecular weight is 235 g/mol. The van der Waals surface area contributed by atoms with Gasteiger partial charge < -0.3 is 15.7 Å². The number of nitrogens with two attached hydrogens (primary N) is 1. The van der Waals surface area contributed by atoms with Crippen LogP contribution in [0.5, 0.6) is 0 Å². The van der Waals surface area contributed by atoms with Gasteiger partial charge in [0.2, 0.25) is 0 Å². The Labute approximate surface area is 102 Å². The molecule has 1 saturated heterocycles. The number of aliphatic hydroxyl groups excluding tert-OH is 1. The second-order valence-corrected chi connectivity index (χ2v) is 4.85. The molecule has 4 nitrogen and oxygen atoms in total. The van der Waals surface area contributed by atoms with Gasteiger partial charge in [-0.25, -0.2) is 4.98 Å². The number of aromatic nitrogens is 1. The molecule has 2 rings (SSSR count). The quantitative estimate of drug-likeness (QED) is 0.829. The van der Waals surface area contributed by atoms with E-state index in [9.17, 15) is 0 Å². The van der Waals surface area contributed by atoms with Crippen molar-refractivity contribution in [3.63, 3.8) is 0 Å². The molecule has 0 unspecified atom stereocenters. The van der Waals surface area contributed by atoms with Crippen LogP contribution in [0.15, 0.2) is 18.3 Å². The van der Waals surface area contributed by atoms with E-state index in [2.05, 4.69) is 9.88 Å². The summed E-state index contributed by atoms with van der Waals surface area (Å²) in [6, 6.07) is 4.12. The Morgan fingerprint density at radius 2 is 2.18 bits per heavy atom. The van der Waals surface area contributed by atoms with Gasteiger partial charge in [-0.2, -0.15) is 0 Å². The molecule has 1 aromatic heterocycles. The van der Waals surface area contributed by atoms with Gasteiger partial charge in [0.25, 0.3) is 0 Å². The second-order valence-electron chi connectivity index (χ2n) is 4.85. The van der Waals surface area contributed by atoms with Gasteiger partial charge in [-0.05, 0) is 37.3 Å². The first-order chi connectivity index (χ1) is 8.20. The molecule has 0 bridgehead atoms. The van der Waals surface area contributed by atoms with Crippen molar-refractivity contribution >= 4 is 5.82 Å². The van der Waals surface area contributed by atoms with Gasteiger partial charge >= 0.3 is 0 Å². The molecule has 1 aromatic rings. The monoisotopic (exact) mass is 235 g/mol. The second kappa shape index (κ2) is 5.47. The molecule has 1 fully saturated rings. The number of hydrogen-bond donors (Lipinski definition) is 2. The van der Waals surface area contributed by atoms with Crippen LogP contribution in [-0.4, -0.2) is 29.8 Å². The minimum atomic E-state index is 0.0386. The van der Waals surface area contributed by atoms with Crippen molar-refractivity contribution in [2.24, 2.45) is 11.7 Å². The zero-order valence-corrected chi connectivity index (χ0v) is 10.3. The van der Waals surface area contributed by atoms with E-state index in [-0.39, 0.29) is 6.04 Å². The van der Waals surface area contributed by atoms with Gasteiger partial charge in [0.15, 0.2) is 0 Å². The largest absolute Gasteiger partial charge is 0.396 e. The normalized spacial score (nSPS) is 19.4. The van der Waals surface area contributed by atoms with Crippen LogP contribution in [-0.2, 0) is 0 Å². The van der Waals surface area contributed by atoms with Crippen LogP contribution in [0.3, 0.4) is 0 Å². The molecule has 4 heteroatoms. The molecular formula is C13H21N3O. The summed E-state index contributed by atoms with van der Waals surface area (Å²) in [7, 11) is 0. The van der Waals surface area contributed by atoms with Crippen LogP contribution in [0.2, 0.25) is 0 Å². The Morgan fingerprint density at radius 1 is 1.47 bits per heavy atom. The highest BCUT2D eigenvalue weighted by atomic mass is 16.3. The number of hydrogen-bond acceptors (Lipinski definition) is 4. The fourth-order valence-corrected chi connectivity index (χ4v) is 2.20. The lowest BCUT2D eigenvalue weighted by atomic mass is 9.98. The number of pyridine rings is 1. The van der Waals surface area contributed by atoms with Gasteiger partial charge in [0.1, 0.15) is 5.82 Å². The summed E-state index contributed by atoms with van der Waals surface area (Å²) in [4.78, 5) is 6.73. The summed E-state index contributed by atoms with van der Waals surface area (Å²) in [6.07, 6.45) is 3.96. The first-order valence-corrected chi connectivity index (χ1v) is 6.28. The van der Waals surface area contributed by atoms with E-state index in [0.717, 1.165) is 37.3 Å². The van der Waals surface area contributed by atoms with Crippen LogP contribution in [0.1, 0.15) is 31.4 Å². The zero-order chi connectivity index (χ0) is 12.3. The van der Waals surface area contributed by atoms with E-state index >= 15 is 0 Å². The van der Waals surface area contributed by atoms with Gasteiger partial charge in [0, 0.05) is 31.9 Å². The minimum Gasteiger partial charge on any atom is -0.396 e. The predicted molar refractivity (Wildman–Crippen MR) is 68.9 cm³/mol. The third kappa shape index (κ3) is 2.96. The fraction of sp³-hybridized carbons (Fsp3) is 0.615. The van der Waals surface area contributed by atoms with Crippen molar-refractivity contribution in [1.29, 1.82) is 0 Å². The van der Waals surface area contributed by atoms with Crippen molar-refractivity contribution in [1.82, 2.24) is 4.98 Å². The SMILES string of the molecule is C[C@@H](N)c1ccc(N2CCC(CO)CC2)nc1. The minimum absolute atomic E-state index is 0.0386. The lowest BCUT2D eigenvalue weighted by Crippen LogP contribution is -2.35. The van der Waals surface area contributed by atoms with Crippen molar-refractivity contribution in [3.8, 4) is 0 Å². The summed E-state index contributed by atoms with van der Waals surface area (Å²) in [6.45, 7) is 4.24. The molecule has 17 heavy (non-hydrogen) atoms. The van der Waals surface area contributed by atoms with Gasteiger partial charge in [-0.15, -0.1) is 0 Å². The molecule has 0 spiro atoms. The Hall–Kier alpha value is -1.13. The summed E-state index contributed by atoms with van der Waals surface area (Å²) in [5.41, 5.74) is 6.87. The number of nitrogens with zero attached hydrogens (tertiary/aromatic N) is 2. The summed E-state index contributed by atoms with van der Waals surface area (Å²) < 4.78 is 0. The summed E-state index contributed by atoms with van der Waals surface area (Å²) in [5, 5.41) is 9.10. The average Bonchev–Trinajstić information content (AvgIpc) is 2.39. The van der Waals surface area contributed by atoms with Gasteiger partial charge in [-0.1, -0.05) is 6.07 Å².